The molecule has 21 heavy (non-hydrogen) atoms. The van der Waals surface area contributed by atoms with Crippen LogP contribution in [-0.2, 0) is 0 Å². The van der Waals surface area contributed by atoms with Gasteiger partial charge in [-0.3, -0.25) is 15.5 Å². The maximum Gasteiger partial charge on any atom is 0.273 e. The van der Waals surface area contributed by atoms with Crippen molar-refractivity contribution in [2.75, 3.05) is 0 Å². The highest BCUT2D eigenvalue weighted by molar-refractivity contribution is 9.10. The van der Waals surface area contributed by atoms with Gasteiger partial charge < -0.3 is 10.5 Å². The first-order valence-corrected chi connectivity index (χ1v) is 6.82. The van der Waals surface area contributed by atoms with Crippen LogP contribution in [0.3, 0.4) is 0 Å². The zero-order valence-electron chi connectivity index (χ0n) is 10.5. The van der Waals surface area contributed by atoms with Crippen molar-refractivity contribution in [3.8, 4) is 11.5 Å². The Morgan fingerprint density at radius 1 is 1.33 bits per heavy atom. The van der Waals surface area contributed by atoms with Gasteiger partial charge in [0.15, 0.2) is 0 Å². The Bertz CT molecular complexity index is 737. The Morgan fingerprint density at radius 2 is 2.05 bits per heavy atom. The molecule has 8 heteroatoms. The van der Waals surface area contributed by atoms with Crippen molar-refractivity contribution in [3.05, 3.63) is 61.6 Å². The van der Waals surface area contributed by atoms with E-state index in [0.29, 0.717) is 4.47 Å². The summed E-state index contributed by atoms with van der Waals surface area (Å²) < 4.78 is 6.15. The average molecular weight is 371 g/mol. The number of nitrogens with one attached hydrogen (secondary N) is 1. The van der Waals surface area contributed by atoms with Gasteiger partial charge in [0.25, 0.3) is 5.69 Å². The minimum Gasteiger partial charge on any atom is -0.455 e. The van der Waals surface area contributed by atoms with Crippen molar-refractivity contribution in [1.82, 2.24) is 0 Å². The summed E-state index contributed by atoms with van der Waals surface area (Å²) >= 11 is 9.24. The first-order valence-electron chi connectivity index (χ1n) is 5.65. The summed E-state index contributed by atoms with van der Waals surface area (Å²) in [4.78, 5) is 10.3. The molecule has 0 radical (unpaired) electrons. The number of nitrogen functional groups attached to an aromatic ring is 1. The molecule has 2 aromatic rings. The summed E-state index contributed by atoms with van der Waals surface area (Å²) in [5.74, 6) is 0.224. The van der Waals surface area contributed by atoms with Gasteiger partial charge in [0, 0.05) is 6.07 Å². The lowest BCUT2D eigenvalue weighted by Crippen LogP contribution is -2.13. The van der Waals surface area contributed by atoms with Crippen LogP contribution in [-0.4, -0.2) is 10.8 Å². The second-order valence-corrected chi connectivity index (χ2v) is 5.26. The summed E-state index contributed by atoms with van der Waals surface area (Å²) in [6, 6.07) is 8.91. The highest BCUT2D eigenvalue weighted by atomic mass is 79.9. The Hall–Kier alpha value is -2.12. The zero-order chi connectivity index (χ0) is 15.6. The molecule has 6 nitrogen and oxygen atoms in total. The number of benzene rings is 2. The topological polar surface area (TPSA) is 102 Å². The fourth-order valence-electron chi connectivity index (χ4n) is 1.65. The summed E-state index contributed by atoms with van der Waals surface area (Å²) in [5.41, 5.74) is 5.61. The normalized spacial score (nSPS) is 10.2. The Balaban J connectivity index is 2.48. The van der Waals surface area contributed by atoms with Crippen molar-refractivity contribution in [2.24, 2.45) is 5.73 Å². The average Bonchev–Trinajstić information content (AvgIpc) is 2.40. The number of nitro groups is 1. The van der Waals surface area contributed by atoms with Gasteiger partial charge in [-0.05, 0) is 34.1 Å². The molecule has 0 spiro atoms. The first-order chi connectivity index (χ1) is 9.90. The third kappa shape index (κ3) is 3.32. The molecule has 0 aliphatic rings. The maximum atomic E-state index is 10.8. The molecule has 0 heterocycles. The first kappa shape index (κ1) is 15.3. The van der Waals surface area contributed by atoms with Gasteiger partial charge in [-0.1, -0.05) is 17.7 Å². The van der Waals surface area contributed by atoms with E-state index in [1.807, 2.05) is 0 Å². The number of rotatable bonds is 4. The van der Waals surface area contributed by atoms with Gasteiger partial charge in [0.1, 0.15) is 17.3 Å². The van der Waals surface area contributed by atoms with E-state index in [4.69, 9.17) is 27.5 Å². The predicted molar refractivity (Wildman–Crippen MR) is 83.3 cm³/mol. The molecule has 0 aromatic heterocycles. The van der Waals surface area contributed by atoms with Crippen LogP contribution >= 0.6 is 27.5 Å². The quantitative estimate of drug-likeness (QED) is 0.366. The molecule has 2 aromatic carbocycles. The van der Waals surface area contributed by atoms with Crippen molar-refractivity contribution in [1.29, 1.82) is 5.41 Å². The molecular formula is C13H9BrClN3O3. The molecule has 0 aliphatic carbocycles. The van der Waals surface area contributed by atoms with E-state index < -0.39 is 4.92 Å². The van der Waals surface area contributed by atoms with Crippen LogP contribution in [0, 0.1) is 15.5 Å². The second kappa shape index (κ2) is 6.11. The number of hydrogen-bond donors (Lipinski definition) is 2. The lowest BCUT2D eigenvalue weighted by molar-refractivity contribution is -0.384. The van der Waals surface area contributed by atoms with Crippen LogP contribution in [0.4, 0.5) is 5.69 Å². The molecule has 0 fully saturated rings. The summed E-state index contributed by atoms with van der Waals surface area (Å²) in [5, 5.41) is 18.6. The van der Waals surface area contributed by atoms with Crippen LogP contribution in [0.15, 0.2) is 40.9 Å². The largest absolute Gasteiger partial charge is 0.455 e. The van der Waals surface area contributed by atoms with E-state index in [0.717, 1.165) is 0 Å². The van der Waals surface area contributed by atoms with Crippen LogP contribution in [0.2, 0.25) is 5.02 Å². The standard InChI is InChI=1S/C13H9BrClN3O3/c14-8-5-4-7(18(19)20)6-11(8)21-10-3-1-2-9(15)12(10)13(16)17/h1-6H,(H3,16,17). The summed E-state index contributed by atoms with van der Waals surface area (Å²) in [6.07, 6.45) is 0. The fraction of sp³-hybridized carbons (Fsp3) is 0. The van der Waals surface area contributed by atoms with Crippen molar-refractivity contribution in [3.63, 3.8) is 0 Å². The van der Waals surface area contributed by atoms with Crippen LogP contribution in [0.1, 0.15) is 5.56 Å². The molecule has 0 saturated heterocycles. The molecule has 0 saturated carbocycles. The van der Waals surface area contributed by atoms with Gasteiger partial charge >= 0.3 is 0 Å². The van der Waals surface area contributed by atoms with Crippen molar-refractivity contribution < 1.29 is 9.66 Å². The number of nitrogens with two attached hydrogens (primary N) is 1. The van der Waals surface area contributed by atoms with Gasteiger partial charge in [-0.15, -0.1) is 0 Å². The van der Waals surface area contributed by atoms with E-state index in [1.54, 1.807) is 18.2 Å². The Labute approximate surface area is 133 Å². The Kier molecular flexibility index (Phi) is 4.44. The number of nitrogens with zero attached hydrogens (tertiary/aromatic N) is 1. The number of amidine groups is 1. The van der Waals surface area contributed by atoms with Crippen LogP contribution in [0.5, 0.6) is 11.5 Å². The molecule has 0 bridgehead atoms. The molecule has 108 valence electrons. The van der Waals surface area contributed by atoms with Gasteiger partial charge in [-0.2, -0.15) is 0 Å². The number of halogens is 2. The number of nitro benzene ring substituents is 1. The van der Waals surface area contributed by atoms with Gasteiger partial charge in [0.2, 0.25) is 0 Å². The van der Waals surface area contributed by atoms with E-state index >= 15 is 0 Å². The minimum absolute atomic E-state index is 0.111. The van der Waals surface area contributed by atoms with Crippen molar-refractivity contribution >= 4 is 39.1 Å². The predicted octanol–water partition coefficient (Wildman–Crippen LogP) is 4.09. The van der Waals surface area contributed by atoms with E-state index in [2.05, 4.69) is 15.9 Å². The summed E-state index contributed by atoms with van der Waals surface area (Å²) in [7, 11) is 0. The molecule has 0 aliphatic heterocycles. The van der Waals surface area contributed by atoms with E-state index in [-0.39, 0.29) is 33.6 Å². The van der Waals surface area contributed by atoms with Gasteiger partial charge in [-0.25, -0.2) is 0 Å². The number of ether oxygens (including phenoxy) is 1. The van der Waals surface area contributed by atoms with Crippen LogP contribution < -0.4 is 10.5 Å². The maximum absolute atomic E-state index is 10.8. The third-order valence-corrected chi connectivity index (χ3v) is 3.56. The van der Waals surface area contributed by atoms with Crippen LogP contribution in [0.25, 0.3) is 0 Å². The molecule has 2 rings (SSSR count). The second-order valence-electron chi connectivity index (χ2n) is 4.00. The Morgan fingerprint density at radius 3 is 2.67 bits per heavy atom. The monoisotopic (exact) mass is 369 g/mol. The summed E-state index contributed by atoms with van der Waals surface area (Å²) in [6.45, 7) is 0. The highest BCUT2D eigenvalue weighted by Gasteiger charge is 2.15. The SMILES string of the molecule is N=C(N)c1c(Cl)cccc1Oc1cc([N+](=O)[O-])ccc1Br. The highest BCUT2D eigenvalue weighted by Crippen LogP contribution is 2.36. The zero-order valence-corrected chi connectivity index (χ0v) is 12.8. The number of hydrogen-bond acceptors (Lipinski definition) is 4. The third-order valence-electron chi connectivity index (χ3n) is 2.59. The minimum atomic E-state index is -0.525. The molecular weight excluding hydrogens is 362 g/mol. The molecule has 0 atom stereocenters. The van der Waals surface area contributed by atoms with E-state index in [1.165, 1.54) is 18.2 Å². The van der Waals surface area contributed by atoms with Gasteiger partial charge in [0.05, 0.1) is 26.0 Å². The lowest BCUT2D eigenvalue weighted by Gasteiger charge is -2.12. The molecule has 0 unspecified atom stereocenters. The molecule has 0 amide bonds. The fourth-order valence-corrected chi connectivity index (χ4v) is 2.25. The van der Waals surface area contributed by atoms with Crippen molar-refractivity contribution in [2.45, 2.75) is 0 Å². The number of non-ortho nitro benzene ring substituents is 1. The molecule has 3 N–H and O–H groups in total. The smallest absolute Gasteiger partial charge is 0.273 e. The van der Waals surface area contributed by atoms with E-state index in [9.17, 15) is 10.1 Å². The lowest BCUT2D eigenvalue weighted by atomic mass is 10.2.